The molecule has 5 heteroatoms. The van der Waals surface area contributed by atoms with Crippen molar-refractivity contribution >= 4 is 27.0 Å². The van der Waals surface area contributed by atoms with Gasteiger partial charge in [-0.3, -0.25) is 0 Å². The first-order valence-corrected chi connectivity index (χ1v) is 6.98. The molecule has 0 saturated carbocycles. The highest BCUT2D eigenvalue weighted by molar-refractivity contribution is 9.10. The zero-order chi connectivity index (χ0) is 14.1. The summed E-state index contributed by atoms with van der Waals surface area (Å²) in [4.78, 5) is 4.35. The highest BCUT2D eigenvalue weighted by Gasteiger charge is 2.17. The molecule has 102 valence electrons. The van der Waals surface area contributed by atoms with E-state index in [4.69, 9.17) is 10.2 Å². The van der Waals surface area contributed by atoms with Crippen LogP contribution in [0.5, 0.6) is 0 Å². The third kappa shape index (κ3) is 2.46. The standard InChI is InChI=1S/C15H12BrFN2O/c16-10-5-3-4-9(15(10)17)11(18)8-14-19-12-6-1-2-7-13(12)20-14/h1-7,11H,8,18H2. The molecule has 0 spiro atoms. The number of halogens is 2. The number of fused-ring (bicyclic) bond motifs is 1. The molecule has 0 saturated heterocycles. The lowest BCUT2D eigenvalue weighted by Gasteiger charge is -2.11. The van der Waals surface area contributed by atoms with E-state index in [0.29, 0.717) is 27.9 Å². The highest BCUT2D eigenvalue weighted by atomic mass is 79.9. The van der Waals surface area contributed by atoms with Crippen molar-refractivity contribution in [3.63, 3.8) is 0 Å². The van der Waals surface area contributed by atoms with Crippen LogP contribution in [0.25, 0.3) is 11.1 Å². The van der Waals surface area contributed by atoms with Crippen LogP contribution in [-0.4, -0.2) is 4.98 Å². The SMILES string of the molecule is NC(Cc1nc2ccccc2o1)c1cccc(Br)c1F. The number of aromatic nitrogens is 1. The average Bonchev–Trinajstić information content (AvgIpc) is 2.83. The summed E-state index contributed by atoms with van der Waals surface area (Å²) in [6.07, 6.45) is 0.349. The third-order valence-electron chi connectivity index (χ3n) is 3.11. The molecule has 1 heterocycles. The lowest BCUT2D eigenvalue weighted by atomic mass is 10.0. The molecule has 2 N–H and O–H groups in total. The third-order valence-corrected chi connectivity index (χ3v) is 3.73. The van der Waals surface area contributed by atoms with E-state index in [9.17, 15) is 4.39 Å². The van der Waals surface area contributed by atoms with Gasteiger partial charge in [0.2, 0.25) is 0 Å². The molecule has 0 aliphatic heterocycles. The number of oxazole rings is 1. The molecular weight excluding hydrogens is 323 g/mol. The van der Waals surface area contributed by atoms with Crippen molar-refractivity contribution < 1.29 is 8.81 Å². The Balaban J connectivity index is 1.88. The quantitative estimate of drug-likeness (QED) is 0.788. The van der Waals surface area contributed by atoms with Crippen LogP contribution in [0.2, 0.25) is 0 Å². The Labute approximate surface area is 123 Å². The molecule has 0 aliphatic carbocycles. The van der Waals surface area contributed by atoms with Crippen LogP contribution in [0, 0.1) is 5.82 Å². The Morgan fingerprint density at radius 1 is 1.20 bits per heavy atom. The summed E-state index contributed by atoms with van der Waals surface area (Å²) >= 11 is 3.16. The van der Waals surface area contributed by atoms with Crippen molar-refractivity contribution in [2.24, 2.45) is 5.73 Å². The van der Waals surface area contributed by atoms with E-state index in [1.807, 2.05) is 24.3 Å². The average molecular weight is 335 g/mol. The van der Waals surface area contributed by atoms with Gasteiger partial charge in [-0.1, -0.05) is 24.3 Å². The van der Waals surface area contributed by atoms with E-state index in [2.05, 4.69) is 20.9 Å². The van der Waals surface area contributed by atoms with Gasteiger partial charge in [-0.15, -0.1) is 0 Å². The second-order valence-electron chi connectivity index (χ2n) is 4.53. The van der Waals surface area contributed by atoms with Gasteiger partial charge < -0.3 is 10.2 Å². The minimum absolute atomic E-state index is 0.337. The molecule has 0 bridgehead atoms. The zero-order valence-electron chi connectivity index (χ0n) is 10.5. The van der Waals surface area contributed by atoms with Gasteiger partial charge in [-0.2, -0.15) is 0 Å². The van der Waals surface area contributed by atoms with Gasteiger partial charge in [0, 0.05) is 18.0 Å². The minimum Gasteiger partial charge on any atom is -0.441 e. The number of hydrogen-bond acceptors (Lipinski definition) is 3. The summed E-state index contributed by atoms with van der Waals surface area (Å²) in [7, 11) is 0. The smallest absolute Gasteiger partial charge is 0.197 e. The van der Waals surface area contributed by atoms with E-state index in [1.165, 1.54) is 0 Å². The molecule has 2 aromatic carbocycles. The molecule has 0 amide bonds. The molecule has 3 rings (SSSR count). The van der Waals surface area contributed by atoms with Crippen LogP contribution in [0.15, 0.2) is 51.4 Å². The Morgan fingerprint density at radius 3 is 2.80 bits per heavy atom. The van der Waals surface area contributed by atoms with Gasteiger partial charge in [0.25, 0.3) is 0 Å². The Hall–Kier alpha value is -1.72. The Morgan fingerprint density at radius 2 is 2.00 bits per heavy atom. The van der Waals surface area contributed by atoms with Gasteiger partial charge in [-0.25, -0.2) is 9.37 Å². The second-order valence-corrected chi connectivity index (χ2v) is 5.38. The predicted molar refractivity (Wildman–Crippen MR) is 78.7 cm³/mol. The van der Waals surface area contributed by atoms with Crippen molar-refractivity contribution in [3.05, 3.63) is 64.2 Å². The molecule has 20 heavy (non-hydrogen) atoms. The topological polar surface area (TPSA) is 52.0 Å². The maximum Gasteiger partial charge on any atom is 0.197 e. The van der Waals surface area contributed by atoms with Crippen LogP contribution < -0.4 is 5.73 Å². The lowest BCUT2D eigenvalue weighted by molar-refractivity contribution is 0.491. The number of nitrogens with zero attached hydrogens (tertiary/aromatic N) is 1. The maximum atomic E-state index is 14.0. The summed E-state index contributed by atoms with van der Waals surface area (Å²) in [5.41, 5.74) is 8.00. The molecule has 1 unspecified atom stereocenters. The van der Waals surface area contributed by atoms with Crippen LogP contribution in [-0.2, 0) is 6.42 Å². The first kappa shape index (κ1) is 13.3. The van der Waals surface area contributed by atoms with Crippen molar-refractivity contribution in [1.29, 1.82) is 0 Å². The minimum atomic E-state index is -0.499. The second kappa shape index (κ2) is 5.34. The first-order valence-electron chi connectivity index (χ1n) is 6.19. The van der Waals surface area contributed by atoms with Gasteiger partial charge in [0.15, 0.2) is 11.5 Å². The molecule has 1 atom stereocenters. The number of rotatable bonds is 3. The Bertz CT molecular complexity index is 723. The number of para-hydroxylation sites is 2. The fourth-order valence-electron chi connectivity index (χ4n) is 2.11. The van der Waals surface area contributed by atoms with Crippen LogP contribution >= 0.6 is 15.9 Å². The maximum absolute atomic E-state index is 14.0. The number of nitrogens with two attached hydrogens (primary N) is 1. The molecule has 0 radical (unpaired) electrons. The van der Waals surface area contributed by atoms with Crippen molar-refractivity contribution in [2.45, 2.75) is 12.5 Å². The van der Waals surface area contributed by atoms with Crippen LogP contribution in [0.1, 0.15) is 17.5 Å². The molecule has 3 nitrogen and oxygen atoms in total. The summed E-state index contributed by atoms with van der Waals surface area (Å²) < 4.78 is 20.0. The molecule has 0 aliphatic rings. The number of hydrogen-bond donors (Lipinski definition) is 1. The van der Waals surface area contributed by atoms with Crippen molar-refractivity contribution in [3.8, 4) is 0 Å². The first-order chi connectivity index (χ1) is 9.65. The van der Waals surface area contributed by atoms with Crippen molar-refractivity contribution in [2.75, 3.05) is 0 Å². The van der Waals surface area contributed by atoms with E-state index in [-0.39, 0.29) is 5.82 Å². The lowest BCUT2D eigenvalue weighted by Crippen LogP contribution is -2.15. The van der Waals surface area contributed by atoms with E-state index < -0.39 is 6.04 Å². The molecule has 0 fully saturated rings. The fraction of sp³-hybridized carbons (Fsp3) is 0.133. The van der Waals surface area contributed by atoms with Crippen LogP contribution in [0.4, 0.5) is 4.39 Å². The molecular formula is C15H12BrFN2O. The summed E-state index contributed by atoms with van der Waals surface area (Å²) in [6, 6.07) is 12.1. The normalized spacial score (nSPS) is 12.8. The summed E-state index contributed by atoms with van der Waals surface area (Å²) in [5, 5.41) is 0. The van der Waals surface area contributed by atoms with Gasteiger partial charge >= 0.3 is 0 Å². The van der Waals surface area contributed by atoms with Gasteiger partial charge in [0.05, 0.1) is 4.47 Å². The van der Waals surface area contributed by atoms with Crippen molar-refractivity contribution in [1.82, 2.24) is 4.98 Å². The Kier molecular flexibility index (Phi) is 3.54. The number of benzene rings is 2. The van der Waals surface area contributed by atoms with Gasteiger partial charge in [0.1, 0.15) is 11.3 Å². The van der Waals surface area contributed by atoms with Crippen LogP contribution in [0.3, 0.4) is 0 Å². The molecule has 3 aromatic rings. The highest BCUT2D eigenvalue weighted by Crippen LogP contribution is 2.25. The fourth-order valence-corrected chi connectivity index (χ4v) is 2.49. The summed E-state index contributed by atoms with van der Waals surface area (Å²) in [5.74, 6) is 0.175. The zero-order valence-corrected chi connectivity index (χ0v) is 12.1. The summed E-state index contributed by atoms with van der Waals surface area (Å²) in [6.45, 7) is 0. The van der Waals surface area contributed by atoms with Gasteiger partial charge in [-0.05, 0) is 34.1 Å². The monoisotopic (exact) mass is 334 g/mol. The van der Waals surface area contributed by atoms with E-state index >= 15 is 0 Å². The predicted octanol–water partition coefficient (Wildman–Crippen LogP) is 3.97. The largest absolute Gasteiger partial charge is 0.441 e. The molecule has 1 aromatic heterocycles. The van der Waals surface area contributed by atoms with E-state index in [0.717, 1.165) is 5.52 Å². The van der Waals surface area contributed by atoms with E-state index in [1.54, 1.807) is 18.2 Å².